The average Bonchev–Trinajstić information content (AvgIpc) is 2.88. The molecule has 1 saturated heterocycles. The number of imide groups is 2. The molecule has 5 nitrogen and oxygen atoms in total. The van der Waals surface area contributed by atoms with E-state index in [1.807, 2.05) is 30.3 Å². The maximum atomic E-state index is 11.8. The number of carbonyl (C=O) groups excluding carboxylic acids is 3. The highest BCUT2D eigenvalue weighted by Crippen LogP contribution is 2.37. The van der Waals surface area contributed by atoms with Crippen LogP contribution in [0.2, 0.25) is 0 Å². The third kappa shape index (κ3) is 2.30. The van der Waals surface area contributed by atoms with Crippen LogP contribution in [0.1, 0.15) is 16.7 Å². The van der Waals surface area contributed by atoms with Crippen molar-refractivity contribution < 1.29 is 14.4 Å². The van der Waals surface area contributed by atoms with Crippen molar-refractivity contribution in [3.05, 3.63) is 59.2 Å². The predicted octanol–water partition coefficient (Wildman–Crippen LogP) is 1.78. The number of urea groups is 1. The van der Waals surface area contributed by atoms with E-state index in [-0.39, 0.29) is 6.42 Å². The van der Waals surface area contributed by atoms with Gasteiger partial charge in [-0.2, -0.15) is 0 Å². The van der Waals surface area contributed by atoms with Gasteiger partial charge in [0.05, 0.1) is 0 Å². The molecule has 2 aromatic carbocycles. The summed E-state index contributed by atoms with van der Waals surface area (Å²) >= 11 is 0. The van der Waals surface area contributed by atoms with E-state index in [0.717, 1.165) is 12.0 Å². The van der Waals surface area contributed by atoms with Crippen molar-refractivity contribution in [1.82, 2.24) is 10.6 Å². The molecule has 2 aliphatic rings. The molecule has 0 atom stereocenters. The highest BCUT2D eigenvalue weighted by atomic mass is 16.2. The summed E-state index contributed by atoms with van der Waals surface area (Å²) in [5.41, 5.74) is 5.86. The summed E-state index contributed by atoms with van der Waals surface area (Å²) < 4.78 is 0. The molecule has 4 amide bonds. The number of nitrogens with one attached hydrogen (secondary N) is 2. The standard InChI is InChI=1S/C18H14N2O3/c21-16-15(17(22)20-18(23)19-16)8-10-5-6-14-12(7-10)9-11-3-1-2-4-13(11)14/h1-7,15H,8-9H2,(H2,19,20,21,22,23). The molecule has 2 aromatic rings. The van der Waals surface area contributed by atoms with Gasteiger partial charge < -0.3 is 0 Å². The zero-order valence-corrected chi connectivity index (χ0v) is 12.3. The predicted molar refractivity (Wildman–Crippen MR) is 83.6 cm³/mol. The molecule has 1 aliphatic heterocycles. The second kappa shape index (κ2) is 5.05. The van der Waals surface area contributed by atoms with Gasteiger partial charge in [-0.25, -0.2) is 4.79 Å². The van der Waals surface area contributed by atoms with Gasteiger partial charge in [0.15, 0.2) is 0 Å². The molecule has 0 radical (unpaired) electrons. The van der Waals surface area contributed by atoms with E-state index < -0.39 is 23.8 Å². The molecule has 0 unspecified atom stereocenters. The third-order valence-corrected chi connectivity index (χ3v) is 4.40. The Balaban J connectivity index is 1.60. The Morgan fingerprint density at radius 1 is 0.870 bits per heavy atom. The summed E-state index contributed by atoms with van der Waals surface area (Å²) in [6.45, 7) is 0. The van der Waals surface area contributed by atoms with Crippen LogP contribution in [0.3, 0.4) is 0 Å². The summed E-state index contributed by atoms with van der Waals surface area (Å²) in [5, 5.41) is 4.27. The van der Waals surface area contributed by atoms with Crippen molar-refractivity contribution in [1.29, 1.82) is 0 Å². The van der Waals surface area contributed by atoms with E-state index in [9.17, 15) is 14.4 Å². The highest BCUT2D eigenvalue weighted by Gasteiger charge is 2.34. The highest BCUT2D eigenvalue weighted by molar-refractivity contribution is 6.16. The molecule has 5 heteroatoms. The van der Waals surface area contributed by atoms with Crippen molar-refractivity contribution in [3.8, 4) is 11.1 Å². The lowest BCUT2D eigenvalue weighted by Gasteiger charge is -2.20. The first-order valence-corrected chi connectivity index (χ1v) is 7.47. The van der Waals surface area contributed by atoms with E-state index in [1.54, 1.807) is 0 Å². The van der Waals surface area contributed by atoms with Crippen LogP contribution in [0, 0.1) is 5.92 Å². The largest absolute Gasteiger partial charge is 0.328 e. The molecule has 0 bridgehead atoms. The number of hydrogen-bond donors (Lipinski definition) is 2. The molecular weight excluding hydrogens is 292 g/mol. The molecule has 1 heterocycles. The van der Waals surface area contributed by atoms with Gasteiger partial charge >= 0.3 is 6.03 Å². The molecule has 23 heavy (non-hydrogen) atoms. The number of rotatable bonds is 2. The minimum absolute atomic E-state index is 0.286. The van der Waals surface area contributed by atoms with Gasteiger partial charge in [-0.05, 0) is 40.7 Å². The topological polar surface area (TPSA) is 75.3 Å². The van der Waals surface area contributed by atoms with Crippen LogP contribution in [-0.2, 0) is 22.4 Å². The lowest BCUT2D eigenvalue weighted by Crippen LogP contribution is -2.56. The van der Waals surface area contributed by atoms with Crippen molar-refractivity contribution in [3.63, 3.8) is 0 Å². The van der Waals surface area contributed by atoms with E-state index in [2.05, 4.69) is 22.8 Å². The van der Waals surface area contributed by atoms with Gasteiger partial charge in [0.2, 0.25) is 11.8 Å². The Morgan fingerprint density at radius 2 is 1.57 bits per heavy atom. The summed E-state index contributed by atoms with van der Waals surface area (Å²) in [7, 11) is 0. The Kier molecular flexibility index (Phi) is 3.01. The first-order valence-electron chi connectivity index (χ1n) is 7.47. The molecule has 0 spiro atoms. The molecular formula is C18H14N2O3. The van der Waals surface area contributed by atoms with Gasteiger partial charge in [0, 0.05) is 0 Å². The fourth-order valence-corrected chi connectivity index (χ4v) is 3.29. The number of fused-ring (bicyclic) bond motifs is 3. The second-order valence-electron chi connectivity index (χ2n) is 5.89. The van der Waals surface area contributed by atoms with Crippen molar-refractivity contribution in [2.75, 3.05) is 0 Å². The van der Waals surface area contributed by atoms with Gasteiger partial charge in [-0.3, -0.25) is 20.2 Å². The summed E-state index contributed by atoms with van der Waals surface area (Å²) in [5.74, 6) is -1.94. The number of barbiturate groups is 1. The molecule has 4 rings (SSSR count). The maximum absolute atomic E-state index is 11.8. The van der Waals surface area contributed by atoms with Gasteiger partial charge in [0.1, 0.15) is 5.92 Å². The van der Waals surface area contributed by atoms with Crippen LogP contribution in [0.4, 0.5) is 4.79 Å². The number of benzene rings is 2. The zero-order chi connectivity index (χ0) is 16.0. The molecule has 1 fully saturated rings. The Labute approximate surface area is 132 Å². The molecule has 0 aromatic heterocycles. The lowest BCUT2D eigenvalue weighted by atomic mass is 9.94. The summed E-state index contributed by atoms with van der Waals surface area (Å²) in [4.78, 5) is 34.8. The fraction of sp³-hybridized carbons (Fsp3) is 0.167. The smallest absolute Gasteiger partial charge is 0.277 e. The minimum atomic E-state index is -0.866. The Morgan fingerprint density at radius 3 is 2.35 bits per heavy atom. The van der Waals surface area contributed by atoms with E-state index >= 15 is 0 Å². The molecule has 0 saturated carbocycles. The summed E-state index contributed by atoms with van der Waals surface area (Å²) in [6.07, 6.45) is 1.15. The molecule has 1 aliphatic carbocycles. The average molecular weight is 306 g/mol. The van der Waals surface area contributed by atoms with E-state index in [0.29, 0.717) is 0 Å². The first kappa shape index (κ1) is 13.7. The summed E-state index contributed by atoms with van der Waals surface area (Å²) in [6, 6.07) is 13.6. The van der Waals surface area contributed by atoms with Crippen LogP contribution in [-0.4, -0.2) is 17.8 Å². The van der Waals surface area contributed by atoms with Crippen LogP contribution in [0.25, 0.3) is 11.1 Å². The monoisotopic (exact) mass is 306 g/mol. The quantitative estimate of drug-likeness (QED) is 0.709. The Bertz CT molecular complexity index is 837. The van der Waals surface area contributed by atoms with Crippen molar-refractivity contribution in [2.24, 2.45) is 5.92 Å². The lowest BCUT2D eigenvalue weighted by molar-refractivity contribution is -0.135. The minimum Gasteiger partial charge on any atom is -0.277 e. The number of amides is 4. The maximum Gasteiger partial charge on any atom is 0.328 e. The van der Waals surface area contributed by atoms with E-state index in [1.165, 1.54) is 22.3 Å². The van der Waals surface area contributed by atoms with Gasteiger partial charge in [0.25, 0.3) is 0 Å². The number of hydrogen-bond acceptors (Lipinski definition) is 3. The second-order valence-corrected chi connectivity index (χ2v) is 5.89. The normalized spacial score (nSPS) is 16.6. The van der Waals surface area contributed by atoms with Crippen LogP contribution in [0.15, 0.2) is 42.5 Å². The van der Waals surface area contributed by atoms with E-state index in [4.69, 9.17) is 0 Å². The zero-order valence-electron chi connectivity index (χ0n) is 12.3. The molecule has 2 N–H and O–H groups in total. The molecule has 114 valence electrons. The van der Waals surface area contributed by atoms with Crippen molar-refractivity contribution >= 4 is 17.8 Å². The van der Waals surface area contributed by atoms with Crippen LogP contribution in [0.5, 0.6) is 0 Å². The van der Waals surface area contributed by atoms with Gasteiger partial charge in [-0.15, -0.1) is 0 Å². The third-order valence-electron chi connectivity index (χ3n) is 4.40. The first-order chi connectivity index (χ1) is 11.1. The van der Waals surface area contributed by atoms with Gasteiger partial charge in [-0.1, -0.05) is 42.5 Å². The number of carbonyl (C=O) groups is 3. The fourth-order valence-electron chi connectivity index (χ4n) is 3.29. The van der Waals surface area contributed by atoms with Crippen LogP contribution >= 0.6 is 0 Å². The SMILES string of the molecule is O=C1NC(=O)C(Cc2ccc3c(c2)Cc2ccccc2-3)C(=O)N1. The Hall–Kier alpha value is -2.95. The van der Waals surface area contributed by atoms with Crippen LogP contribution < -0.4 is 10.6 Å². The van der Waals surface area contributed by atoms with Crippen molar-refractivity contribution in [2.45, 2.75) is 12.8 Å².